The molecule has 0 aliphatic rings. The van der Waals surface area contributed by atoms with Crippen molar-refractivity contribution in [3.8, 4) is 0 Å². The van der Waals surface area contributed by atoms with Crippen LogP contribution in [0.4, 0.5) is 5.69 Å². The number of anilines is 1. The SMILES string of the molecule is CCCCCCCCc1ccc2nc3cc(N)ccc3cc2c1. The van der Waals surface area contributed by atoms with Gasteiger partial charge in [-0.2, -0.15) is 0 Å². The summed E-state index contributed by atoms with van der Waals surface area (Å²) in [5.74, 6) is 0. The molecule has 0 aliphatic heterocycles. The predicted octanol–water partition coefficient (Wildman–Crippen LogP) is 5.87. The van der Waals surface area contributed by atoms with Crippen molar-refractivity contribution in [2.24, 2.45) is 0 Å². The second kappa shape index (κ2) is 7.45. The number of unbranched alkanes of at least 4 members (excludes halogenated alkanes) is 5. The molecule has 3 rings (SSSR count). The van der Waals surface area contributed by atoms with Gasteiger partial charge in [0.25, 0.3) is 0 Å². The lowest BCUT2D eigenvalue weighted by Crippen LogP contribution is -1.90. The van der Waals surface area contributed by atoms with Gasteiger partial charge in [-0.05, 0) is 48.7 Å². The van der Waals surface area contributed by atoms with E-state index in [1.54, 1.807) is 0 Å². The third kappa shape index (κ3) is 4.01. The fourth-order valence-electron chi connectivity index (χ4n) is 3.16. The molecule has 2 heteroatoms. The average molecular weight is 306 g/mol. The molecule has 0 saturated heterocycles. The maximum atomic E-state index is 5.85. The normalized spacial score (nSPS) is 11.3. The van der Waals surface area contributed by atoms with Gasteiger partial charge >= 0.3 is 0 Å². The number of nitrogens with two attached hydrogens (primary N) is 1. The number of hydrogen-bond acceptors (Lipinski definition) is 2. The summed E-state index contributed by atoms with van der Waals surface area (Å²) < 4.78 is 0. The molecule has 2 N–H and O–H groups in total. The molecule has 0 bridgehead atoms. The third-order valence-corrected chi connectivity index (χ3v) is 4.52. The van der Waals surface area contributed by atoms with Gasteiger partial charge in [0, 0.05) is 16.5 Å². The maximum Gasteiger partial charge on any atom is 0.0730 e. The summed E-state index contributed by atoms with van der Waals surface area (Å²) >= 11 is 0. The second-order valence-electron chi connectivity index (χ2n) is 6.49. The highest BCUT2D eigenvalue weighted by Gasteiger charge is 2.02. The van der Waals surface area contributed by atoms with Crippen LogP contribution in [0.5, 0.6) is 0 Å². The molecule has 0 fully saturated rings. The third-order valence-electron chi connectivity index (χ3n) is 4.52. The highest BCUT2D eigenvalue weighted by atomic mass is 14.7. The molecule has 0 aliphatic carbocycles. The van der Waals surface area contributed by atoms with Crippen molar-refractivity contribution in [3.05, 3.63) is 48.0 Å². The molecule has 0 spiro atoms. The lowest BCUT2D eigenvalue weighted by atomic mass is 10.0. The van der Waals surface area contributed by atoms with Crippen LogP contribution in [0.1, 0.15) is 51.0 Å². The molecule has 23 heavy (non-hydrogen) atoms. The number of rotatable bonds is 7. The van der Waals surface area contributed by atoms with E-state index in [1.807, 2.05) is 12.1 Å². The molecule has 3 aromatic rings. The zero-order chi connectivity index (χ0) is 16.1. The quantitative estimate of drug-likeness (QED) is 0.336. The van der Waals surface area contributed by atoms with Crippen LogP contribution in [-0.2, 0) is 6.42 Å². The Bertz CT molecular complexity index is 792. The van der Waals surface area contributed by atoms with Gasteiger partial charge in [0.05, 0.1) is 11.0 Å². The standard InChI is InChI=1S/C21H26N2/c1-2-3-4-5-6-7-8-16-9-12-20-18(13-16)14-17-10-11-19(22)15-21(17)23-20/h9-15H,2-8,22H2,1H3. The number of aromatic nitrogens is 1. The van der Waals surface area contributed by atoms with Crippen LogP contribution in [0.25, 0.3) is 21.8 Å². The molecule has 2 aromatic carbocycles. The Balaban J connectivity index is 1.71. The van der Waals surface area contributed by atoms with Crippen LogP contribution < -0.4 is 5.73 Å². The molecular formula is C21H26N2. The molecule has 0 amide bonds. The van der Waals surface area contributed by atoms with Crippen LogP contribution in [0, 0.1) is 0 Å². The molecule has 0 saturated carbocycles. The first-order valence-corrected chi connectivity index (χ1v) is 8.85. The summed E-state index contributed by atoms with van der Waals surface area (Å²) in [6.45, 7) is 2.27. The van der Waals surface area contributed by atoms with Gasteiger partial charge in [0.2, 0.25) is 0 Å². The Morgan fingerprint density at radius 2 is 1.61 bits per heavy atom. The zero-order valence-corrected chi connectivity index (χ0v) is 14.0. The number of nitrogen functional groups attached to an aromatic ring is 1. The first kappa shape index (κ1) is 15.8. The number of hydrogen-bond donors (Lipinski definition) is 1. The lowest BCUT2D eigenvalue weighted by molar-refractivity contribution is 0.607. The molecular weight excluding hydrogens is 280 g/mol. The fraction of sp³-hybridized carbons (Fsp3) is 0.381. The number of aryl methyl sites for hydroxylation is 1. The van der Waals surface area contributed by atoms with Crippen molar-refractivity contribution < 1.29 is 0 Å². The Kier molecular flexibility index (Phi) is 5.12. The maximum absolute atomic E-state index is 5.85. The van der Waals surface area contributed by atoms with Crippen molar-refractivity contribution in [2.45, 2.75) is 51.9 Å². The molecule has 1 aromatic heterocycles. The van der Waals surface area contributed by atoms with Gasteiger partial charge in [-0.1, -0.05) is 51.2 Å². The topological polar surface area (TPSA) is 38.9 Å². The summed E-state index contributed by atoms with van der Waals surface area (Å²) in [6, 6.07) is 14.8. The molecule has 0 unspecified atom stereocenters. The van der Waals surface area contributed by atoms with Gasteiger partial charge in [0.15, 0.2) is 0 Å². The van der Waals surface area contributed by atoms with Gasteiger partial charge < -0.3 is 5.73 Å². The van der Waals surface area contributed by atoms with Crippen molar-refractivity contribution in [1.82, 2.24) is 4.98 Å². The minimum absolute atomic E-state index is 0.768. The van der Waals surface area contributed by atoms with Crippen molar-refractivity contribution in [3.63, 3.8) is 0 Å². The minimum Gasteiger partial charge on any atom is -0.399 e. The summed E-state index contributed by atoms with van der Waals surface area (Å²) in [5, 5.41) is 2.38. The van der Waals surface area contributed by atoms with E-state index in [0.29, 0.717) is 0 Å². The number of fused-ring (bicyclic) bond motifs is 2. The number of pyridine rings is 1. The minimum atomic E-state index is 0.768. The van der Waals surface area contributed by atoms with E-state index in [9.17, 15) is 0 Å². The van der Waals surface area contributed by atoms with Crippen LogP contribution >= 0.6 is 0 Å². The number of nitrogens with zero attached hydrogens (tertiary/aromatic N) is 1. The zero-order valence-electron chi connectivity index (χ0n) is 14.0. The van der Waals surface area contributed by atoms with Gasteiger partial charge in [-0.15, -0.1) is 0 Å². The molecule has 120 valence electrons. The summed E-state index contributed by atoms with van der Waals surface area (Å²) in [6.07, 6.45) is 9.24. The smallest absolute Gasteiger partial charge is 0.0730 e. The fourth-order valence-corrected chi connectivity index (χ4v) is 3.16. The van der Waals surface area contributed by atoms with E-state index in [1.165, 1.54) is 55.9 Å². The van der Waals surface area contributed by atoms with Crippen LogP contribution in [0.2, 0.25) is 0 Å². The van der Waals surface area contributed by atoms with Gasteiger partial charge in [-0.3, -0.25) is 0 Å². The first-order valence-electron chi connectivity index (χ1n) is 8.85. The van der Waals surface area contributed by atoms with E-state index in [2.05, 4.69) is 37.3 Å². The lowest BCUT2D eigenvalue weighted by Gasteiger charge is -2.06. The van der Waals surface area contributed by atoms with Crippen LogP contribution in [0.3, 0.4) is 0 Å². The Morgan fingerprint density at radius 3 is 2.48 bits per heavy atom. The number of benzene rings is 2. The van der Waals surface area contributed by atoms with E-state index >= 15 is 0 Å². The summed E-state index contributed by atoms with van der Waals surface area (Å²) in [4.78, 5) is 4.73. The first-order chi connectivity index (χ1) is 11.3. The summed E-state index contributed by atoms with van der Waals surface area (Å²) in [7, 11) is 0. The average Bonchev–Trinajstić information content (AvgIpc) is 2.56. The van der Waals surface area contributed by atoms with Crippen LogP contribution in [0.15, 0.2) is 42.5 Å². The molecule has 2 nitrogen and oxygen atoms in total. The molecule has 0 atom stereocenters. The van der Waals surface area contributed by atoms with Gasteiger partial charge in [0.1, 0.15) is 0 Å². The van der Waals surface area contributed by atoms with Crippen molar-refractivity contribution in [2.75, 3.05) is 5.73 Å². The van der Waals surface area contributed by atoms with E-state index in [0.717, 1.165) is 22.1 Å². The van der Waals surface area contributed by atoms with Crippen molar-refractivity contribution in [1.29, 1.82) is 0 Å². The Labute approximate surface area is 138 Å². The Morgan fingerprint density at radius 1 is 0.783 bits per heavy atom. The van der Waals surface area contributed by atoms with Crippen molar-refractivity contribution >= 4 is 27.5 Å². The second-order valence-corrected chi connectivity index (χ2v) is 6.49. The highest BCUT2D eigenvalue weighted by molar-refractivity contribution is 5.94. The van der Waals surface area contributed by atoms with E-state index in [-0.39, 0.29) is 0 Å². The predicted molar refractivity (Wildman–Crippen MR) is 101 cm³/mol. The molecule has 0 radical (unpaired) electrons. The van der Waals surface area contributed by atoms with Crippen LogP contribution in [-0.4, -0.2) is 4.98 Å². The summed E-state index contributed by atoms with van der Waals surface area (Å²) in [5.41, 5.74) is 10.1. The van der Waals surface area contributed by atoms with E-state index < -0.39 is 0 Å². The highest BCUT2D eigenvalue weighted by Crippen LogP contribution is 2.23. The van der Waals surface area contributed by atoms with E-state index in [4.69, 9.17) is 10.7 Å². The van der Waals surface area contributed by atoms with Gasteiger partial charge in [-0.25, -0.2) is 4.98 Å². The largest absolute Gasteiger partial charge is 0.399 e. The Hall–Kier alpha value is -2.09. The molecule has 1 heterocycles. The monoisotopic (exact) mass is 306 g/mol.